The minimum absolute atomic E-state index is 0.422. The molecule has 1 heterocycles. The first-order valence-electron chi connectivity index (χ1n) is 6.91. The molecule has 2 rings (SSSR count). The van der Waals surface area contributed by atoms with E-state index in [1.807, 2.05) is 11.8 Å². The average Bonchev–Trinajstić information content (AvgIpc) is 2.35. The highest BCUT2D eigenvalue weighted by atomic mass is 32.2. The van der Waals surface area contributed by atoms with Crippen molar-refractivity contribution in [2.45, 2.75) is 37.4 Å². The van der Waals surface area contributed by atoms with Gasteiger partial charge in [0.25, 0.3) is 0 Å². The van der Waals surface area contributed by atoms with Crippen molar-refractivity contribution in [2.75, 3.05) is 25.4 Å². The molecule has 100 valence electrons. The van der Waals surface area contributed by atoms with E-state index in [1.54, 1.807) is 4.90 Å². The number of rotatable bonds is 5. The van der Waals surface area contributed by atoms with E-state index in [2.05, 4.69) is 44.2 Å². The van der Waals surface area contributed by atoms with Gasteiger partial charge in [-0.25, -0.2) is 0 Å². The number of benzene rings is 1. The van der Waals surface area contributed by atoms with E-state index < -0.39 is 0 Å². The second kappa shape index (κ2) is 7.17. The molecule has 1 aliphatic heterocycles. The highest BCUT2D eigenvalue weighted by Crippen LogP contribution is 2.17. The summed E-state index contributed by atoms with van der Waals surface area (Å²) in [5, 5.41) is 0. The molecule has 18 heavy (non-hydrogen) atoms. The summed E-state index contributed by atoms with van der Waals surface area (Å²) in [5.41, 5.74) is 0. The van der Waals surface area contributed by atoms with Crippen LogP contribution in [0.15, 0.2) is 35.2 Å². The summed E-state index contributed by atoms with van der Waals surface area (Å²) in [7, 11) is 0. The van der Waals surface area contributed by atoms with E-state index in [0.717, 1.165) is 0 Å². The summed E-state index contributed by atoms with van der Waals surface area (Å²) >= 11 is 1.97. The Labute approximate surface area is 115 Å². The van der Waals surface area contributed by atoms with Crippen LogP contribution in [0, 0.1) is 0 Å². The van der Waals surface area contributed by atoms with Crippen molar-refractivity contribution in [1.82, 2.24) is 0 Å². The van der Waals surface area contributed by atoms with Gasteiger partial charge in [0.2, 0.25) is 0 Å². The molecule has 0 aromatic heterocycles. The van der Waals surface area contributed by atoms with Crippen LogP contribution in [0.25, 0.3) is 0 Å². The van der Waals surface area contributed by atoms with Crippen LogP contribution >= 0.6 is 11.8 Å². The maximum atomic E-state index is 5.77. The fourth-order valence-corrected chi connectivity index (χ4v) is 3.50. The van der Waals surface area contributed by atoms with Crippen molar-refractivity contribution in [3.63, 3.8) is 0 Å². The van der Waals surface area contributed by atoms with Gasteiger partial charge in [0.15, 0.2) is 0 Å². The van der Waals surface area contributed by atoms with Gasteiger partial charge >= 0.3 is 0 Å². The van der Waals surface area contributed by atoms with Crippen molar-refractivity contribution in [1.29, 1.82) is 0 Å². The third-order valence-corrected chi connectivity index (χ3v) is 4.40. The van der Waals surface area contributed by atoms with Crippen LogP contribution in [0.4, 0.5) is 0 Å². The third-order valence-electron chi connectivity index (χ3n) is 3.30. The lowest BCUT2D eigenvalue weighted by Crippen LogP contribution is -3.15. The van der Waals surface area contributed by atoms with Gasteiger partial charge in [-0.05, 0) is 26.0 Å². The smallest absolute Gasteiger partial charge is 0.104 e. The maximum Gasteiger partial charge on any atom is 0.104 e. The van der Waals surface area contributed by atoms with E-state index in [1.165, 1.54) is 36.7 Å². The first-order valence-corrected chi connectivity index (χ1v) is 7.89. The lowest BCUT2D eigenvalue weighted by Gasteiger charge is -2.32. The molecule has 1 aromatic rings. The lowest BCUT2D eigenvalue weighted by atomic mass is 10.2. The largest absolute Gasteiger partial charge is 0.364 e. The second-order valence-corrected chi connectivity index (χ2v) is 6.35. The summed E-state index contributed by atoms with van der Waals surface area (Å²) in [5.74, 6) is 1.22. The van der Waals surface area contributed by atoms with Crippen molar-refractivity contribution in [2.24, 2.45) is 0 Å². The molecule has 0 saturated carbocycles. The molecule has 1 aromatic carbocycles. The van der Waals surface area contributed by atoms with E-state index in [0.29, 0.717) is 12.2 Å². The second-order valence-electron chi connectivity index (χ2n) is 5.18. The normalized spacial score (nSPS) is 28.2. The van der Waals surface area contributed by atoms with Crippen LogP contribution in [0.5, 0.6) is 0 Å². The topological polar surface area (TPSA) is 13.7 Å². The predicted octanol–water partition coefficient (Wildman–Crippen LogP) is 1.86. The molecule has 0 amide bonds. The number of morpholine rings is 1. The van der Waals surface area contributed by atoms with Crippen molar-refractivity contribution in [3.05, 3.63) is 30.3 Å². The Morgan fingerprint density at radius 1 is 1.17 bits per heavy atom. The predicted molar refractivity (Wildman–Crippen MR) is 77.4 cm³/mol. The third kappa shape index (κ3) is 4.63. The van der Waals surface area contributed by atoms with E-state index in [-0.39, 0.29) is 0 Å². The van der Waals surface area contributed by atoms with Crippen molar-refractivity contribution in [3.8, 4) is 0 Å². The van der Waals surface area contributed by atoms with Crippen LogP contribution in [0.1, 0.15) is 20.3 Å². The number of nitrogens with one attached hydrogen (secondary N) is 1. The van der Waals surface area contributed by atoms with Crippen LogP contribution in [0.3, 0.4) is 0 Å². The standard InChI is InChI=1S/C15H23NOS/c1-13-11-16(12-14(2)17-13)9-6-10-18-15-7-4-3-5-8-15/h3-5,7-8,13-14H,6,9-12H2,1-2H3/p+1/t13-,14-/m1/s1. The summed E-state index contributed by atoms with van der Waals surface area (Å²) in [6.07, 6.45) is 2.13. The highest BCUT2D eigenvalue weighted by Gasteiger charge is 2.24. The number of ether oxygens (including phenoxy) is 1. The Bertz CT molecular complexity index is 334. The first-order chi connectivity index (χ1) is 8.74. The number of thioether (sulfide) groups is 1. The Morgan fingerprint density at radius 2 is 1.83 bits per heavy atom. The zero-order chi connectivity index (χ0) is 12.8. The minimum Gasteiger partial charge on any atom is -0.364 e. The highest BCUT2D eigenvalue weighted by molar-refractivity contribution is 7.99. The quantitative estimate of drug-likeness (QED) is 0.646. The molecule has 3 heteroatoms. The molecule has 1 aliphatic rings. The molecule has 2 atom stereocenters. The van der Waals surface area contributed by atoms with E-state index in [4.69, 9.17) is 4.74 Å². The molecule has 0 bridgehead atoms. The van der Waals surface area contributed by atoms with Crippen molar-refractivity contribution < 1.29 is 9.64 Å². The fourth-order valence-electron chi connectivity index (χ4n) is 2.62. The summed E-state index contributed by atoms with van der Waals surface area (Å²) < 4.78 is 5.77. The first kappa shape index (κ1) is 13.9. The average molecular weight is 266 g/mol. The number of quaternary nitrogens is 1. The van der Waals surface area contributed by atoms with Gasteiger partial charge in [-0.3, -0.25) is 0 Å². The summed E-state index contributed by atoms with van der Waals surface area (Å²) in [6, 6.07) is 10.7. The van der Waals surface area contributed by atoms with Crippen LogP contribution < -0.4 is 4.90 Å². The monoisotopic (exact) mass is 266 g/mol. The lowest BCUT2D eigenvalue weighted by molar-refractivity contribution is -0.915. The number of hydrogen-bond acceptors (Lipinski definition) is 2. The fraction of sp³-hybridized carbons (Fsp3) is 0.600. The van der Waals surface area contributed by atoms with Gasteiger partial charge in [-0.1, -0.05) is 18.2 Å². The molecular weight excluding hydrogens is 242 g/mol. The van der Waals surface area contributed by atoms with E-state index in [9.17, 15) is 0 Å². The Kier molecular flexibility index (Phi) is 5.54. The van der Waals surface area contributed by atoms with Gasteiger partial charge < -0.3 is 9.64 Å². The summed E-state index contributed by atoms with van der Waals surface area (Å²) in [4.78, 5) is 3.09. The van der Waals surface area contributed by atoms with Gasteiger partial charge in [-0.2, -0.15) is 0 Å². The van der Waals surface area contributed by atoms with Crippen LogP contribution in [-0.4, -0.2) is 37.6 Å². The zero-order valence-corrected chi connectivity index (χ0v) is 12.2. The van der Waals surface area contributed by atoms with Crippen LogP contribution in [-0.2, 0) is 4.74 Å². The van der Waals surface area contributed by atoms with Gasteiger partial charge in [0.1, 0.15) is 25.3 Å². The molecule has 0 spiro atoms. The van der Waals surface area contributed by atoms with Gasteiger partial charge in [0, 0.05) is 17.1 Å². The zero-order valence-electron chi connectivity index (χ0n) is 11.4. The maximum absolute atomic E-state index is 5.77. The molecule has 1 fully saturated rings. The minimum atomic E-state index is 0.422. The Hall–Kier alpha value is -0.510. The van der Waals surface area contributed by atoms with Crippen LogP contribution in [0.2, 0.25) is 0 Å². The van der Waals surface area contributed by atoms with E-state index >= 15 is 0 Å². The molecule has 0 aliphatic carbocycles. The number of hydrogen-bond donors (Lipinski definition) is 1. The molecular formula is C15H24NOS+. The molecule has 2 nitrogen and oxygen atoms in total. The van der Waals surface area contributed by atoms with Gasteiger partial charge in [-0.15, -0.1) is 11.8 Å². The Balaban J connectivity index is 1.63. The molecule has 1 N–H and O–H groups in total. The molecule has 0 radical (unpaired) electrons. The SMILES string of the molecule is C[C@@H]1C[NH+](CCCSc2ccccc2)C[C@@H](C)O1. The van der Waals surface area contributed by atoms with Gasteiger partial charge in [0.05, 0.1) is 6.54 Å². The molecule has 0 unspecified atom stereocenters. The molecule has 1 saturated heterocycles. The Morgan fingerprint density at radius 3 is 2.50 bits per heavy atom. The summed E-state index contributed by atoms with van der Waals surface area (Å²) in [6.45, 7) is 7.99. The van der Waals surface area contributed by atoms with Crippen molar-refractivity contribution >= 4 is 11.8 Å².